The summed E-state index contributed by atoms with van der Waals surface area (Å²) in [4.78, 5) is 0. The van der Waals surface area contributed by atoms with Gasteiger partial charge in [-0.2, -0.15) is 0 Å². The molecule has 0 spiro atoms. The van der Waals surface area contributed by atoms with E-state index in [0.717, 1.165) is 0 Å². The SMILES string of the molecule is CCN(CC)P(N(CC)CC)P([Si](C)(C)C)[Si](C)(C)C. The van der Waals surface area contributed by atoms with Crippen molar-refractivity contribution >= 4 is 30.1 Å². The molecule has 20 heavy (non-hydrogen) atoms. The maximum absolute atomic E-state index is 2.81. The minimum Gasteiger partial charge on any atom is -0.268 e. The summed E-state index contributed by atoms with van der Waals surface area (Å²) in [5, 5.41) is 0. The Kier molecular flexibility index (Phi) is 9.27. The topological polar surface area (TPSA) is 6.48 Å². The van der Waals surface area contributed by atoms with E-state index in [-0.39, 0.29) is 14.6 Å². The lowest BCUT2D eigenvalue weighted by molar-refractivity contribution is 0.434. The van der Waals surface area contributed by atoms with Crippen LogP contribution in [0.4, 0.5) is 0 Å². The first-order chi connectivity index (χ1) is 9.04. The summed E-state index contributed by atoms with van der Waals surface area (Å²) in [5.41, 5.74) is 0. The maximum atomic E-state index is 2.81. The number of hydrogen-bond donors (Lipinski definition) is 0. The molecular formula is C14H38N2P2Si2. The molecule has 2 nitrogen and oxygen atoms in total. The summed E-state index contributed by atoms with van der Waals surface area (Å²) in [6, 6.07) is 0. The van der Waals surface area contributed by atoms with Crippen LogP contribution in [0.3, 0.4) is 0 Å². The summed E-state index contributed by atoms with van der Waals surface area (Å²) in [6.45, 7) is 30.2. The van der Waals surface area contributed by atoms with E-state index in [0.29, 0.717) is 0 Å². The van der Waals surface area contributed by atoms with Gasteiger partial charge in [0.05, 0.1) is 23.4 Å². The average Bonchev–Trinajstić information content (AvgIpc) is 2.28. The van der Waals surface area contributed by atoms with Crippen molar-refractivity contribution in [3.05, 3.63) is 0 Å². The number of rotatable bonds is 9. The first-order valence-corrected chi connectivity index (χ1v) is 20.1. The molecule has 0 aliphatic heterocycles. The van der Waals surface area contributed by atoms with Gasteiger partial charge in [-0.25, -0.2) is 0 Å². The second kappa shape index (κ2) is 8.74. The van der Waals surface area contributed by atoms with E-state index in [9.17, 15) is 0 Å². The summed E-state index contributed by atoms with van der Waals surface area (Å²) < 4.78 is 5.62. The predicted molar refractivity (Wildman–Crippen MR) is 106 cm³/mol. The molecule has 0 heterocycles. The van der Waals surface area contributed by atoms with E-state index in [4.69, 9.17) is 0 Å². The first kappa shape index (κ1) is 21.2. The summed E-state index contributed by atoms with van der Waals surface area (Å²) in [7, 11) is -2.28. The van der Waals surface area contributed by atoms with E-state index in [1.807, 2.05) is 0 Å². The van der Waals surface area contributed by atoms with Crippen molar-refractivity contribution in [1.29, 1.82) is 0 Å². The zero-order valence-electron chi connectivity index (χ0n) is 15.6. The lowest BCUT2D eigenvalue weighted by atomic mass is 10.7. The molecule has 0 radical (unpaired) electrons. The van der Waals surface area contributed by atoms with Crippen LogP contribution in [0.25, 0.3) is 0 Å². The molecule has 0 unspecified atom stereocenters. The molecule has 0 atom stereocenters. The fourth-order valence-electron chi connectivity index (χ4n) is 2.93. The Balaban J connectivity index is 5.76. The van der Waals surface area contributed by atoms with Crippen molar-refractivity contribution in [2.24, 2.45) is 0 Å². The van der Waals surface area contributed by atoms with Crippen molar-refractivity contribution in [3.63, 3.8) is 0 Å². The summed E-state index contributed by atoms with van der Waals surface area (Å²) in [6.07, 6.45) is 0. The van der Waals surface area contributed by atoms with Gasteiger partial charge in [-0.3, -0.25) is 9.34 Å². The third-order valence-electron chi connectivity index (χ3n) is 3.42. The highest BCUT2D eigenvalue weighted by Crippen LogP contribution is 2.80. The Morgan fingerprint density at radius 2 is 0.850 bits per heavy atom. The molecule has 122 valence electrons. The Labute approximate surface area is 132 Å². The monoisotopic (exact) mass is 352 g/mol. The molecule has 0 amide bonds. The van der Waals surface area contributed by atoms with Gasteiger partial charge < -0.3 is 0 Å². The van der Waals surface area contributed by atoms with E-state index < -0.39 is 15.5 Å². The molecule has 0 aromatic heterocycles. The van der Waals surface area contributed by atoms with Crippen molar-refractivity contribution in [1.82, 2.24) is 9.34 Å². The van der Waals surface area contributed by atoms with Gasteiger partial charge in [0, 0.05) is 26.2 Å². The maximum Gasteiger partial charge on any atom is 0.0759 e. The van der Waals surface area contributed by atoms with Crippen LogP contribution in [0, 0.1) is 0 Å². The van der Waals surface area contributed by atoms with Crippen molar-refractivity contribution in [2.45, 2.75) is 67.0 Å². The van der Waals surface area contributed by atoms with Crippen LogP contribution in [0.15, 0.2) is 0 Å². The van der Waals surface area contributed by atoms with Crippen LogP contribution >= 0.6 is 14.6 Å². The first-order valence-electron chi connectivity index (χ1n) is 8.14. The van der Waals surface area contributed by atoms with Gasteiger partial charge >= 0.3 is 0 Å². The number of nitrogens with zero attached hydrogens (tertiary/aromatic N) is 2. The lowest BCUT2D eigenvalue weighted by Crippen LogP contribution is -2.38. The minimum absolute atomic E-state index is 0.0725. The second-order valence-electron chi connectivity index (χ2n) is 7.20. The van der Waals surface area contributed by atoms with Crippen LogP contribution in [0.1, 0.15) is 27.7 Å². The molecule has 0 saturated carbocycles. The third kappa shape index (κ3) is 5.78. The Hall–Kier alpha value is 1.21. The molecule has 0 aliphatic carbocycles. The quantitative estimate of drug-likeness (QED) is 0.368. The molecule has 0 bridgehead atoms. The highest BCUT2D eigenvalue weighted by atomic mass is 32.3. The van der Waals surface area contributed by atoms with Crippen LogP contribution in [0.5, 0.6) is 0 Å². The molecular weight excluding hydrogens is 314 g/mol. The minimum atomic E-state index is -1.10. The standard InChI is InChI=1S/C14H38N2P2Si2/c1-11-15(12-2)17(16(13-3)14-4)18(19(5,6)7)20(8,9)10/h11-14H2,1-10H3. The van der Waals surface area contributed by atoms with Crippen LogP contribution < -0.4 is 0 Å². The Bertz CT molecular complexity index is 243. The molecule has 6 heteroatoms. The normalized spacial score (nSPS) is 14.1. The van der Waals surface area contributed by atoms with Gasteiger partial charge in [-0.1, -0.05) is 73.7 Å². The zero-order chi connectivity index (χ0) is 16.1. The average molecular weight is 353 g/mol. The highest BCUT2D eigenvalue weighted by molar-refractivity contribution is 8.56. The lowest BCUT2D eigenvalue weighted by Gasteiger charge is -2.51. The van der Waals surface area contributed by atoms with Gasteiger partial charge in [0.2, 0.25) is 0 Å². The zero-order valence-corrected chi connectivity index (χ0v) is 19.4. The Morgan fingerprint density at radius 1 is 0.600 bits per heavy atom. The molecule has 0 N–H and O–H groups in total. The van der Waals surface area contributed by atoms with Crippen molar-refractivity contribution in [3.8, 4) is 0 Å². The van der Waals surface area contributed by atoms with Gasteiger partial charge in [0.15, 0.2) is 0 Å². The molecule has 0 aromatic rings. The van der Waals surface area contributed by atoms with Gasteiger partial charge in [-0.05, 0) is 0 Å². The van der Waals surface area contributed by atoms with E-state index in [1.165, 1.54) is 26.2 Å². The second-order valence-corrected chi connectivity index (χ2v) is 34.8. The predicted octanol–water partition coefficient (Wildman–Crippen LogP) is 6.05. The number of hydrogen-bond acceptors (Lipinski definition) is 2. The third-order valence-corrected chi connectivity index (χ3v) is 44.8. The Morgan fingerprint density at radius 3 is 1.00 bits per heavy atom. The van der Waals surface area contributed by atoms with Crippen LogP contribution in [0.2, 0.25) is 39.3 Å². The molecule has 0 saturated heterocycles. The van der Waals surface area contributed by atoms with Gasteiger partial charge in [-0.15, -0.1) is 0 Å². The van der Waals surface area contributed by atoms with Crippen LogP contribution in [-0.4, -0.2) is 51.0 Å². The fourth-order valence-corrected chi connectivity index (χ4v) is 52.5. The molecule has 0 aromatic carbocycles. The van der Waals surface area contributed by atoms with E-state index in [1.54, 1.807) is 0 Å². The van der Waals surface area contributed by atoms with Gasteiger partial charge in [0.25, 0.3) is 0 Å². The van der Waals surface area contributed by atoms with Crippen molar-refractivity contribution in [2.75, 3.05) is 26.2 Å². The summed E-state index contributed by atoms with van der Waals surface area (Å²) in [5.74, 6) is 0. The molecule has 0 aliphatic rings. The van der Waals surface area contributed by atoms with Gasteiger partial charge in [0.1, 0.15) is 0 Å². The van der Waals surface area contributed by atoms with Crippen molar-refractivity contribution < 1.29 is 0 Å². The largest absolute Gasteiger partial charge is 0.268 e. The van der Waals surface area contributed by atoms with E-state index >= 15 is 0 Å². The highest BCUT2D eigenvalue weighted by Gasteiger charge is 2.45. The van der Waals surface area contributed by atoms with Crippen LogP contribution in [-0.2, 0) is 0 Å². The van der Waals surface area contributed by atoms with E-state index in [2.05, 4.69) is 76.3 Å². The smallest absolute Gasteiger partial charge is 0.0759 e. The molecule has 0 fully saturated rings. The molecule has 0 rings (SSSR count). The fraction of sp³-hybridized carbons (Fsp3) is 1.00. The summed E-state index contributed by atoms with van der Waals surface area (Å²) >= 11 is 0.